The van der Waals surface area contributed by atoms with E-state index in [1.165, 1.54) is 29.2 Å². The SMILES string of the molecule is CCCC(=O)N(CC(=O)O)c1ccc(O)cc1. The van der Waals surface area contributed by atoms with E-state index in [1.54, 1.807) is 0 Å². The van der Waals surface area contributed by atoms with E-state index in [1.807, 2.05) is 6.92 Å². The minimum atomic E-state index is -1.07. The summed E-state index contributed by atoms with van der Waals surface area (Å²) in [7, 11) is 0. The van der Waals surface area contributed by atoms with Crippen LogP contribution in [0.5, 0.6) is 5.75 Å². The number of hydrogen-bond acceptors (Lipinski definition) is 3. The molecule has 1 amide bonds. The zero-order valence-corrected chi connectivity index (χ0v) is 9.59. The fraction of sp³-hybridized carbons (Fsp3) is 0.333. The molecule has 5 nitrogen and oxygen atoms in total. The number of benzene rings is 1. The van der Waals surface area contributed by atoms with Gasteiger partial charge in [0.2, 0.25) is 5.91 Å². The predicted molar refractivity (Wildman–Crippen MR) is 63.0 cm³/mol. The van der Waals surface area contributed by atoms with Gasteiger partial charge in [-0.25, -0.2) is 0 Å². The van der Waals surface area contributed by atoms with Crippen LogP contribution < -0.4 is 4.90 Å². The molecule has 0 spiro atoms. The van der Waals surface area contributed by atoms with Crippen LogP contribution in [0.4, 0.5) is 5.69 Å². The predicted octanol–water partition coefficient (Wildman–Crippen LogP) is 1.61. The third-order valence-corrected chi connectivity index (χ3v) is 2.22. The molecule has 0 aliphatic heterocycles. The molecule has 0 atom stereocenters. The molecule has 0 saturated carbocycles. The van der Waals surface area contributed by atoms with Crippen molar-refractivity contribution in [3.05, 3.63) is 24.3 Å². The van der Waals surface area contributed by atoms with Crippen LogP contribution in [0.25, 0.3) is 0 Å². The van der Waals surface area contributed by atoms with Crippen LogP contribution in [0.3, 0.4) is 0 Å². The Morgan fingerprint density at radius 3 is 2.29 bits per heavy atom. The number of aliphatic carboxylic acids is 1. The van der Waals surface area contributed by atoms with E-state index in [4.69, 9.17) is 10.2 Å². The van der Waals surface area contributed by atoms with Gasteiger partial charge in [-0.05, 0) is 30.7 Å². The largest absolute Gasteiger partial charge is 0.508 e. The molecule has 0 unspecified atom stereocenters. The smallest absolute Gasteiger partial charge is 0.323 e. The number of carbonyl (C=O) groups excluding carboxylic acids is 1. The maximum Gasteiger partial charge on any atom is 0.323 e. The van der Waals surface area contributed by atoms with Crippen LogP contribution in [0.1, 0.15) is 19.8 Å². The quantitative estimate of drug-likeness (QED) is 0.815. The first kappa shape index (κ1) is 13.0. The van der Waals surface area contributed by atoms with Crippen LogP contribution in [0, 0.1) is 0 Å². The Labute approximate surface area is 99.3 Å². The Kier molecular flexibility index (Phi) is 4.51. The van der Waals surface area contributed by atoms with Crippen LogP contribution >= 0.6 is 0 Å². The van der Waals surface area contributed by atoms with Crippen molar-refractivity contribution in [3.8, 4) is 5.75 Å². The molecule has 0 fully saturated rings. The Balaban J connectivity index is 2.92. The van der Waals surface area contributed by atoms with Crippen LogP contribution in [-0.4, -0.2) is 28.6 Å². The van der Waals surface area contributed by atoms with E-state index in [9.17, 15) is 9.59 Å². The highest BCUT2D eigenvalue weighted by Crippen LogP contribution is 2.19. The number of rotatable bonds is 5. The maximum absolute atomic E-state index is 11.8. The van der Waals surface area contributed by atoms with Crippen molar-refractivity contribution >= 4 is 17.6 Å². The van der Waals surface area contributed by atoms with Gasteiger partial charge in [-0.2, -0.15) is 0 Å². The van der Waals surface area contributed by atoms with E-state index in [2.05, 4.69) is 0 Å². The molecular formula is C12H15NO4. The van der Waals surface area contributed by atoms with Crippen LogP contribution in [0.2, 0.25) is 0 Å². The fourth-order valence-electron chi connectivity index (χ4n) is 1.44. The lowest BCUT2D eigenvalue weighted by Crippen LogP contribution is -2.35. The number of carbonyl (C=O) groups is 2. The van der Waals surface area contributed by atoms with Crippen molar-refractivity contribution in [1.82, 2.24) is 0 Å². The molecule has 92 valence electrons. The van der Waals surface area contributed by atoms with Gasteiger partial charge >= 0.3 is 5.97 Å². The summed E-state index contributed by atoms with van der Waals surface area (Å²) in [6.45, 7) is 1.48. The van der Waals surface area contributed by atoms with Crippen molar-refractivity contribution in [2.75, 3.05) is 11.4 Å². The molecule has 0 saturated heterocycles. The number of anilines is 1. The van der Waals surface area contributed by atoms with Crippen molar-refractivity contribution in [2.45, 2.75) is 19.8 Å². The molecule has 5 heteroatoms. The molecule has 1 aromatic rings. The van der Waals surface area contributed by atoms with Crippen LogP contribution in [-0.2, 0) is 9.59 Å². The summed E-state index contributed by atoms with van der Waals surface area (Å²) in [5.41, 5.74) is 0.476. The third kappa shape index (κ3) is 3.79. The summed E-state index contributed by atoms with van der Waals surface area (Å²) in [6.07, 6.45) is 0.960. The van der Waals surface area contributed by atoms with Gasteiger partial charge in [-0.3, -0.25) is 9.59 Å². The highest BCUT2D eigenvalue weighted by Gasteiger charge is 2.17. The van der Waals surface area contributed by atoms with Crippen LogP contribution in [0.15, 0.2) is 24.3 Å². The van der Waals surface area contributed by atoms with Crippen molar-refractivity contribution < 1.29 is 19.8 Å². The highest BCUT2D eigenvalue weighted by molar-refractivity contribution is 5.97. The Morgan fingerprint density at radius 2 is 1.82 bits per heavy atom. The second-order valence-electron chi connectivity index (χ2n) is 3.64. The van der Waals surface area contributed by atoms with Crippen molar-refractivity contribution in [1.29, 1.82) is 0 Å². The number of hydrogen-bond donors (Lipinski definition) is 2. The minimum Gasteiger partial charge on any atom is -0.508 e. The Morgan fingerprint density at radius 1 is 1.24 bits per heavy atom. The fourth-order valence-corrected chi connectivity index (χ4v) is 1.44. The van der Waals surface area contributed by atoms with Gasteiger partial charge in [-0.1, -0.05) is 6.92 Å². The van der Waals surface area contributed by atoms with Gasteiger partial charge in [0.05, 0.1) is 0 Å². The summed E-state index contributed by atoms with van der Waals surface area (Å²) < 4.78 is 0. The monoisotopic (exact) mass is 237 g/mol. The number of carboxylic acid groups (broad SMARTS) is 1. The van der Waals surface area contributed by atoms with Gasteiger partial charge in [-0.15, -0.1) is 0 Å². The molecule has 0 aliphatic carbocycles. The van der Waals surface area contributed by atoms with Gasteiger partial charge in [0, 0.05) is 12.1 Å². The normalized spacial score (nSPS) is 9.94. The topological polar surface area (TPSA) is 77.8 Å². The third-order valence-electron chi connectivity index (χ3n) is 2.22. The molecule has 0 heterocycles. The van der Waals surface area contributed by atoms with E-state index < -0.39 is 5.97 Å². The number of nitrogens with zero attached hydrogens (tertiary/aromatic N) is 1. The first-order chi connectivity index (χ1) is 8.04. The highest BCUT2D eigenvalue weighted by atomic mass is 16.4. The minimum absolute atomic E-state index is 0.0759. The van der Waals surface area contributed by atoms with E-state index in [-0.39, 0.29) is 18.2 Å². The summed E-state index contributed by atoms with van der Waals surface area (Å²) in [6, 6.07) is 5.88. The summed E-state index contributed by atoms with van der Waals surface area (Å²) in [5.74, 6) is -1.23. The summed E-state index contributed by atoms with van der Waals surface area (Å²) >= 11 is 0. The number of phenols is 1. The number of carboxylic acids is 1. The summed E-state index contributed by atoms with van der Waals surface area (Å²) in [5, 5.41) is 17.9. The molecule has 0 aromatic heterocycles. The van der Waals surface area contributed by atoms with Gasteiger partial charge < -0.3 is 15.1 Å². The Hall–Kier alpha value is -2.04. The lowest BCUT2D eigenvalue weighted by Gasteiger charge is -2.20. The van der Waals surface area contributed by atoms with E-state index >= 15 is 0 Å². The molecule has 17 heavy (non-hydrogen) atoms. The molecule has 2 N–H and O–H groups in total. The molecule has 0 radical (unpaired) electrons. The number of amides is 1. The molecule has 0 bridgehead atoms. The second-order valence-corrected chi connectivity index (χ2v) is 3.64. The first-order valence-electron chi connectivity index (χ1n) is 5.35. The molecule has 1 aromatic carbocycles. The Bertz CT molecular complexity index is 399. The molecular weight excluding hydrogens is 222 g/mol. The average Bonchev–Trinajstić information content (AvgIpc) is 2.27. The van der Waals surface area contributed by atoms with Crippen molar-refractivity contribution in [2.24, 2.45) is 0 Å². The zero-order chi connectivity index (χ0) is 12.8. The first-order valence-corrected chi connectivity index (χ1v) is 5.35. The average molecular weight is 237 g/mol. The number of phenolic OH excluding ortho intramolecular Hbond substituents is 1. The molecule has 1 rings (SSSR count). The van der Waals surface area contributed by atoms with Gasteiger partial charge in [0.1, 0.15) is 12.3 Å². The molecule has 0 aliphatic rings. The van der Waals surface area contributed by atoms with Gasteiger partial charge in [0.15, 0.2) is 0 Å². The maximum atomic E-state index is 11.8. The second kappa shape index (κ2) is 5.89. The summed E-state index contributed by atoms with van der Waals surface area (Å²) in [4.78, 5) is 23.7. The van der Waals surface area contributed by atoms with Gasteiger partial charge in [0.25, 0.3) is 0 Å². The standard InChI is InChI=1S/C12H15NO4/c1-2-3-11(15)13(8-12(16)17)9-4-6-10(14)7-5-9/h4-7,14H,2-3,8H2,1H3,(H,16,17). The zero-order valence-electron chi connectivity index (χ0n) is 9.59. The van der Waals surface area contributed by atoms with Crippen molar-refractivity contribution in [3.63, 3.8) is 0 Å². The van der Waals surface area contributed by atoms with E-state index in [0.717, 1.165) is 0 Å². The number of aromatic hydroxyl groups is 1. The van der Waals surface area contributed by atoms with E-state index in [0.29, 0.717) is 18.5 Å². The lowest BCUT2D eigenvalue weighted by atomic mass is 10.2. The lowest BCUT2D eigenvalue weighted by molar-refractivity contribution is -0.136.